The third-order valence-corrected chi connectivity index (χ3v) is 11.9. The van der Waals surface area contributed by atoms with Crippen molar-refractivity contribution in [3.8, 4) is 5.88 Å². The monoisotopic (exact) mass is 729 g/mol. The summed E-state index contributed by atoms with van der Waals surface area (Å²) in [6, 6.07) is 5.48. The first-order chi connectivity index (χ1) is 23.6. The summed E-state index contributed by atoms with van der Waals surface area (Å²) in [5.74, 6) is -2.31. The van der Waals surface area contributed by atoms with E-state index in [4.69, 9.17) is 21.1 Å². The molecule has 50 heavy (non-hydrogen) atoms. The molecule has 3 N–H and O–H groups in total. The molecule has 4 bridgehead atoms. The normalized spacial score (nSPS) is 27.7. The third-order valence-electron chi connectivity index (χ3n) is 9.92. The molecule has 270 valence electrons. The Balaban J connectivity index is 1.34. The van der Waals surface area contributed by atoms with Crippen molar-refractivity contribution < 1.29 is 37.1 Å². The highest BCUT2D eigenvalue weighted by Gasteiger charge is 2.62. The largest absolute Gasteiger partial charge is 0.472 e. The van der Waals surface area contributed by atoms with Crippen LogP contribution in [-0.2, 0) is 35.6 Å². The Kier molecular flexibility index (Phi) is 9.81. The summed E-state index contributed by atoms with van der Waals surface area (Å²) in [4.78, 5) is 60.8. The van der Waals surface area contributed by atoms with Gasteiger partial charge in [0.2, 0.25) is 27.7 Å². The maximum atomic E-state index is 14.4. The van der Waals surface area contributed by atoms with Gasteiger partial charge in [0.05, 0.1) is 18.4 Å². The van der Waals surface area contributed by atoms with Crippen LogP contribution in [0.5, 0.6) is 5.88 Å². The Hall–Kier alpha value is -3.91. The minimum atomic E-state index is -3.89. The van der Waals surface area contributed by atoms with Crippen molar-refractivity contribution in [2.45, 2.75) is 101 Å². The Bertz CT molecular complexity index is 1830. The number of cyclic esters (lactones) is 1. The molecule has 0 spiro atoms. The summed E-state index contributed by atoms with van der Waals surface area (Å²) in [5, 5.41) is 6.64. The molecule has 13 nitrogen and oxygen atoms in total. The number of sulfonamides is 1. The molecule has 4 amide bonds. The fourth-order valence-electron chi connectivity index (χ4n) is 6.78. The van der Waals surface area contributed by atoms with Crippen LogP contribution in [-0.4, -0.2) is 84.2 Å². The SMILES string of the molecule is C=C[C@@H]1CC1(NC(=O)[C@@H]1C[C@@H]2CN1C(=O)[C@H](C(C)(C)C)NC(=O)OCCCCCc1ccc3cc(Cl)nc(c3c1)O2)C(=O)NS(=O)(=O)C1CC1. The van der Waals surface area contributed by atoms with Gasteiger partial charge in [0, 0.05) is 17.7 Å². The fraction of sp³-hybridized carbons (Fsp3) is 0.571. The standard InChI is InChI=1S/C35H44ClN5O8S/c1-5-22-18-35(22,32(44)40-50(46,47)24-12-13-24)39-29(42)26-17-23-19-41(26)31(43)28(34(2,3)4)38-33(45)48-14-8-6-7-9-20-10-11-21-16-27(36)37-30(49-23)25(21)15-20/h5,10-11,15-16,22-24,26,28H,1,6-9,12-14,17-19H2,2-4H3,(H,38,45)(H,39,42)(H,40,44)/t22-,23-,26+,28-,35?/m1/s1. The predicted octanol–water partition coefficient (Wildman–Crippen LogP) is 3.77. The van der Waals surface area contributed by atoms with E-state index in [2.05, 4.69) is 26.9 Å². The lowest BCUT2D eigenvalue weighted by Gasteiger charge is -2.35. The number of alkyl carbamates (subject to hydrolysis) is 1. The van der Waals surface area contributed by atoms with Crippen LogP contribution in [0.4, 0.5) is 4.79 Å². The summed E-state index contributed by atoms with van der Waals surface area (Å²) in [6.07, 6.45) is 4.22. The van der Waals surface area contributed by atoms with Crippen molar-refractivity contribution in [2.24, 2.45) is 11.3 Å². The lowest BCUT2D eigenvalue weighted by Crippen LogP contribution is -2.60. The first kappa shape index (κ1) is 35.9. The molecular weight excluding hydrogens is 686 g/mol. The summed E-state index contributed by atoms with van der Waals surface area (Å²) in [6.45, 7) is 9.27. The minimum Gasteiger partial charge on any atom is -0.472 e. The van der Waals surface area contributed by atoms with Crippen molar-refractivity contribution in [3.05, 3.63) is 47.6 Å². The summed E-state index contributed by atoms with van der Waals surface area (Å²) >= 11 is 6.40. The van der Waals surface area contributed by atoms with E-state index in [-0.39, 0.29) is 37.0 Å². The lowest BCUT2D eigenvalue weighted by atomic mass is 9.85. The molecule has 1 unspecified atom stereocenters. The first-order valence-electron chi connectivity index (χ1n) is 17.1. The van der Waals surface area contributed by atoms with Crippen LogP contribution in [0.2, 0.25) is 5.15 Å². The van der Waals surface area contributed by atoms with Crippen molar-refractivity contribution in [3.63, 3.8) is 0 Å². The minimum absolute atomic E-state index is 0.0189. The Morgan fingerprint density at radius 2 is 1.92 bits per heavy atom. The van der Waals surface area contributed by atoms with Gasteiger partial charge in [-0.05, 0) is 73.4 Å². The molecule has 5 atom stereocenters. The summed E-state index contributed by atoms with van der Waals surface area (Å²) in [5.41, 5.74) is -1.28. The number of carbonyl (C=O) groups is 4. The quantitative estimate of drug-likeness (QED) is 0.296. The topological polar surface area (TPSA) is 173 Å². The molecule has 2 aliphatic carbocycles. The predicted molar refractivity (Wildman–Crippen MR) is 186 cm³/mol. The number of benzene rings is 1. The molecule has 3 heterocycles. The molecular formula is C35H44ClN5O8S. The van der Waals surface area contributed by atoms with Gasteiger partial charge in [0.1, 0.15) is 28.9 Å². The van der Waals surface area contributed by atoms with Gasteiger partial charge in [-0.15, -0.1) is 6.58 Å². The Morgan fingerprint density at radius 3 is 2.60 bits per heavy atom. The number of nitrogens with one attached hydrogen (secondary N) is 3. The summed E-state index contributed by atoms with van der Waals surface area (Å²) < 4.78 is 39.4. The number of nitrogens with zero attached hydrogens (tertiary/aromatic N) is 2. The van der Waals surface area contributed by atoms with Crippen LogP contribution in [0.25, 0.3) is 10.8 Å². The second-order valence-corrected chi connectivity index (χ2v) is 17.2. The Labute approximate surface area is 296 Å². The molecule has 1 aromatic heterocycles. The van der Waals surface area contributed by atoms with E-state index < -0.39 is 74.1 Å². The van der Waals surface area contributed by atoms with E-state index in [0.717, 1.165) is 35.6 Å². The van der Waals surface area contributed by atoms with Crippen molar-refractivity contribution in [2.75, 3.05) is 13.2 Å². The number of hydrogen-bond donors (Lipinski definition) is 3. The van der Waals surface area contributed by atoms with Crippen LogP contribution < -0.4 is 20.1 Å². The van der Waals surface area contributed by atoms with Crippen molar-refractivity contribution in [1.29, 1.82) is 0 Å². The van der Waals surface area contributed by atoms with E-state index in [9.17, 15) is 27.6 Å². The first-order valence-corrected chi connectivity index (χ1v) is 19.0. The van der Waals surface area contributed by atoms with Crippen LogP contribution in [0.1, 0.15) is 71.3 Å². The van der Waals surface area contributed by atoms with Crippen LogP contribution in [0.15, 0.2) is 36.9 Å². The molecule has 1 saturated heterocycles. The molecule has 4 aliphatic rings. The van der Waals surface area contributed by atoms with Gasteiger partial charge >= 0.3 is 6.09 Å². The van der Waals surface area contributed by atoms with Gasteiger partial charge in [0.15, 0.2) is 0 Å². The van der Waals surface area contributed by atoms with Crippen LogP contribution in [0.3, 0.4) is 0 Å². The molecule has 2 saturated carbocycles. The van der Waals surface area contributed by atoms with Gasteiger partial charge in [-0.1, -0.05) is 50.6 Å². The van der Waals surface area contributed by atoms with E-state index in [1.807, 2.05) is 18.2 Å². The number of hydrogen-bond acceptors (Lipinski definition) is 9. The van der Waals surface area contributed by atoms with Crippen LogP contribution in [0, 0.1) is 11.3 Å². The molecule has 0 radical (unpaired) electrons. The van der Waals surface area contributed by atoms with Gasteiger partial charge in [-0.3, -0.25) is 19.1 Å². The molecule has 6 rings (SSSR count). The highest BCUT2D eigenvalue weighted by atomic mass is 35.5. The van der Waals surface area contributed by atoms with Crippen molar-refractivity contribution >= 4 is 56.2 Å². The van der Waals surface area contributed by atoms with E-state index in [0.29, 0.717) is 19.3 Å². The number of pyridine rings is 1. The number of ether oxygens (including phenoxy) is 2. The zero-order valence-electron chi connectivity index (χ0n) is 28.5. The third kappa shape index (κ3) is 7.56. The number of fused-ring (bicyclic) bond motifs is 3. The van der Waals surface area contributed by atoms with Gasteiger partial charge in [-0.25, -0.2) is 18.2 Å². The lowest BCUT2D eigenvalue weighted by molar-refractivity contribution is -0.142. The Morgan fingerprint density at radius 1 is 1.16 bits per heavy atom. The average Bonchev–Trinajstić information content (AvgIpc) is 3.97. The number of rotatable bonds is 6. The highest BCUT2D eigenvalue weighted by molar-refractivity contribution is 7.91. The zero-order chi connectivity index (χ0) is 36.0. The van der Waals surface area contributed by atoms with Gasteiger partial charge in [0.25, 0.3) is 5.91 Å². The molecule has 1 aromatic carbocycles. The average molecular weight is 730 g/mol. The number of aromatic nitrogens is 1. The molecule has 3 fully saturated rings. The smallest absolute Gasteiger partial charge is 0.407 e. The zero-order valence-corrected chi connectivity index (χ0v) is 30.1. The maximum Gasteiger partial charge on any atom is 0.407 e. The highest BCUT2D eigenvalue weighted by Crippen LogP contribution is 2.45. The van der Waals surface area contributed by atoms with Crippen LogP contribution >= 0.6 is 11.6 Å². The van der Waals surface area contributed by atoms with Crippen molar-refractivity contribution in [1.82, 2.24) is 25.2 Å². The number of amides is 4. The second kappa shape index (κ2) is 13.7. The number of carbonyl (C=O) groups excluding carboxylic acids is 4. The molecule has 2 aromatic rings. The number of aryl methyl sites for hydroxylation is 1. The molecule has 2 aliphatic heterocycles. The van der Waals surface area contributed by atoms with Gasteiger partial charge in [-0.2, -0.15) is 0 Å². The summed E-state index contributed by atoms with van der Waals surface area (Å²) in [7, 11) is -3.89. The number of halogens is 1. The van der Waals surface area contributed by atoms with E-state index in [1.54, 1.807) is 26.8 Å². The van der Waals surface area contributed by atoms with Gasteiger partial charge < -0.3 is 25.0 Å². The van der Waals surface area contributed by atoms with E-state index in [1.165, 1.54) is 11.0 Å². The molecule has 15 heteroatoms. The maximum absolute atomic E-state index is 14.4. The fourth-order valence-corrected chi connectivity index (χ4v) is 8.33. The van der Waals surface area contributed by atoms with E-state index >= 15 is 0 Å². The second-order valence-electron chi connectivity index (χ2n) is 14.9.